The van der Waals surface area contributed by atoms with Crippen LogP contribution in [-0.4, -0.2) is 15.7 Å². The fraction of sp³-hybridized carbons (Fsp3) is 0.231. The summed E-state index contributed by atoms with van der Waals surface area (Å²) in [5, 5.41) is 7.04. The van der Waals surface area contributed by atoms with Crippen LogP contribution in [0.25, 0.3) is 0 Å². The Morgan fingerprint density at radius 3 is 2.72 bits per heavy atom. The monoisotopic (exact) mass is 307 g/mol. The summed E-state index contributed by atoms with van der Waals surface area (Å²) in [6.45, 7) is 3.31. The van der Waals surface area contributed by atoms with Crippen LogP contribution in [-0.2, 0) is 13.1 Å². The zero-order chi connectivity index (χ0) is 13.0. The standard InChI is InChI=1S/C13H14BrN3O/c1-2-17-12(7-8-16-17)9-15-13(18)10-3-5-11(14)6-4-10/h3-8H,2,9H2,1H3,(H,15,18). The number of rotatable bonds is 4. The third-order valence-electron chi connectivity index (χ3n) is 2.64. The molecular weight excluding hydrogens is 294 g/mol. The summed E-state index contributed by atoms with van der Waals surface area (Å²) in [7, 11) is 0. The lowest BCUT2D eigenvalue weighted by Crippen LogP contribution is -2.24. The van der Waals surface area contributed by atoms with E-state index in [9.17, 15) is 4.79 Å². The SMILES string of the molecule is CCn1nccc1CNC(=O)c1ccc(Br)cc1. The van der Waals surface area contributed by atoms with Gasteiger partial charge in [0, 0.05) is 22.8 Å². The number of halogens is 1. The Kier molecular flexibility index (Phi) is 4.15. The second kappa shape index (κ2) is 5.82. The molecule has 2 aromatic rings. The van der Waals surface area contributed by atoms with Gasteiger partial charge >= 0.3 is 0 Å². The summed E-state index contributed by atoms with van der Waals surface area (Å²) in [5.41, 5.74) is 1.66. The first-order valence-corrected chi connectivity index (χ1v) is 6.54. The topological polar surface area (TPSA) is 46.9 Å². The van der Waals surface area contributed by atoms with Gasteiger partial charge in [0.05, 0.1) is 12.2 Å². The third kappa shape index (κ3) is 2.98. The molecule has 2 rings (SSSR count). The van der Waals surface area contributed by atoms with E-state index in [4.69, 9.17) is 0 Å². The van der Waals surface area contributed by atoms with E-state index in [2.05, 4.69) is 26.3 Å². The number of benzene rings is 1. The van der Waals surface area contributed by atoms with Crippen molar-refractivity contribution < 1.29 is 4.79 Å². The van der Waals surface area contributed by atoms with E-state index < -0.39 is 0 Å². The van der Waals surface area contributed by atoms with Gasteiger partial charge in [-0.3, -0.25) is 9.48 Å². The first-order chi connectivity index (χ1) is 8.70. The van der Waals surface area contributed by atoms with Crippen LogP contribution in [0.15, 0.2) is 41.0 Å². The predicted octanol–water partition coefficient (Wildman–Crippen LogP) is 2.60. The first kappa shape index (κ1) is 12.8. The van der Waals surface area contributed by atoms with E-state index in [0.29, 0.717) is 12.1 Å². The molecule has 5 heteroatoms. The van der Waals surface area contributed by atoms with Crippen LogP contribution in [0, 0.1) is 0 Å². The smallest absolute Gasteiger partial charge is 0.251 e. The molecule has 0 aliphatic carbocycles. The summed E-state index contributed by atoms with van der Waals surface area (Å²) in [5.74, 6) is -0.0775. The van der Waals surface area contributed by atoms with Gasteiger partial charge in [0.25, 0.3) is 5.91 Å². The van der Waals surface area contributed by atoms with Crippen molar-refractivity contribution in [2.45, 2.75) is 20.0 Å². The number of hydrogen-bond acceptors (Lipinski definition) is 2. The van der Waals surface area contributed by atoms with Crippen molar-refractivity contribution in [1.82, 2.24) is 15.1 Å². The maximum absolute atomic E-state index is 11.9. The van der Waals surface area contributed by atoms with Crippen molar-refractivity contribution in [2.24, 2.45) is 0 Å². The molecular formula is C13H14BrN3O. The summed E-state index contributed by atoms with van der Waals surface area (Å²) < 4.78 is 2.82. The molecule has 1 aromatic heterocycles. The Morgan fingerprint density at radius 2 is 2.06 bits per heavy atom. The van der Waals surface area contributed by atoms with Crippen LogP contribution in [0.5, 0.6) is 0 Å². The fourth-order valence-corrected chi connectivity index (χ4v) is 1.93. The summed E-state index contributed by atoms with van der Waals surface area (Å²) in [4.78, 5) is 11.9. The number of amides is 1. The van der Waals surface area contributed by atoms with Crippen LogP contribution in [0.4, 0.5) is 0 Å². The van der Waals surface area contributed by atoms with E-state index in [1.807, 2.05) is 29.8 Å². The summed E-state index contributed by atoms with van der Waals surface area (Å²) >= 11 is 3.34. The molecule has 4 nitrogen and oxygen atoms in total. The molecule has 0 aliphatic rings. The Hall–Kier alpha value is -1.62. The molecule has 1 N–H and O–H groups in total. The first-order valence-electron chi connectivity index (χ1n) is 5.75. The van der Waals surface area contributed by atoms with Crippen molar-refractivity contribution in [3.05, 3.63) is 52.3 Å². The molecule has 0 saturated carbocycles. The van der Waals surface area contributed by atoms with Crippen LogP contribution >= 0.6 is 15.9 Å². The molecule has 0 aliphatic heterocycles. The van der Waals surface area contributed by atoms with Gasteiger partial charge in [-0.25, -0.2) is 0 Å². The van der Waals surface area contributed by atoms with Gasteiger partial charge < -0.3 is 5.32 Å². The molecule has 0 unspecified atom stereocenters. The summed E-state index contributed by atoms with van der Waals surface area (Å²) in [6, 6.07) is 9.19. The number of carbonyl (C=O) groups excluding carboxylic acids is 1. The zero-order valence-corrected chi connectivity index (χ0v) is 11.6. The van der Waals surface area contributed by atoms with Crippen LogP contribution in [0.3, 0.4) is 0 Å². The highest BCUT2D eigenvalue weighted by Crippen LogP contribution is 2.10. The van der Waals surface area contributed by atoms with E-state index in [1.54, 1.807) is 18.3 Å². The van der Waals surface area contributed by atoms with Crippen LogP contribution in [0.2, 0.25) is 0 Å². The van der Waals surface area contributed by atoms with Crippen molar-refractivity contribution in [3.8, 4) is 0 Å². The molecule has 18 heavy (non-hydrogen) atoms. The number of aromatic nitrogens is 2. The lowest BCUT2D eigenvalue weighted by Gasteiger charge is -2.07. The molecule has 0 bridgehead atoms. The van der Waals surface area contributed by atoms with Gasteiger partial charge in [-0.2, -0.15) is 5.10 Å². The number of nitrogens with zero attached hydrogens (tertiary/aromatic N) is 2. The van der Waals surface area contributed by atoms with Gasteiger partial charge in [0.15, 0.2) is 0 Å². The second-order valence-electron chi connectivity index (χ2n) is 3.83. The maximum atomic E-state index is 11.9. The fourth-order valence-electron chi connectivity index (χ4n) is 1.67. The van der Waals surface area contributed by atoms with Crippen molar-refractivity contribution >= 4 is 21.8 Å². The molecule has 0 atom stereocenters. The third-order valence-corrected chi connectivity index (χ3v) is 3.17. The molecule has 0 spiro atoms. The molecule has 0 fully saturated rings. The summed E-state index contributed by atoms with van der Waals surface area (Å²) in [6.07, 6.45) is 1.74. The Balaban J connectivity index is 1.98. The Labute approximate surface area is 114 Å². The van der Waals surface area contributed by atoms with Crippen LogP contribution in [0.1, 0.15) is 23.0 Å². The quantitative estimate of drug-likeness (QED) is 0.944. The molecule has 1 amide bonds. The maximum Gasteiger partial charge on any atom is 0.251 e. The molecule has 1 aromatic carbocycles. The normalized spacial score (nSPS) is 10.3. The van der Waals surface area contributed by atoms with E-state index in [-0.39, 0.29) is 5.91 Å². The van der Waals surface area contributed by atoms with E-state index >= 15 is 0 Å². The van der Waals surface area contributed by atoms with E-state index in [1.165, 1.54) is 0 Å². The lowest BCUT2D eigenvalue weighted by molar-refractivity contribution is 0.0950. The zero-order valence-electron chi connectivity index (χ0n) is 10.1. The molecule has 94 valence electrons. The van der Waals surface area contributed by atoms with Gasteiger partial charge in [-0.15, -0.1) is 0 Å². The number of hydrogen-bond donors (Lipinski definition) is 1. The van der Waals surface area contributed by atoms with Gasteiger partial charge in [0.2, 0.25) is 0 Å². The van der Waals surface area contributed by atoms with Gasteiger partial charge in [-0.1, -0.05) is 15.9 Å². The molecule has 1 heterocycles. The number of carbonyl (C=O) groups is 1. The van der Waals surface area contributed by atoms with Crippen molar-refractivity contribution in [1.29, 1.82) is 0 Å². The van der Waals surface area contributed by atoms with Crippen molar-refractivity contribution in [3.63, 3.8) is 0 Å². The minimum absolute atomic E-state index is 0.0775. The largest absolute Gasteiger partial charge is 0.346 e. The van der Waals surface area contributed by atoms with E-state index in [0.717, 1.165) is 16.7 Å². The highest BCUT2D eigenvalue weighted by molar-refractivity contribution is 9.10. The highest BCUT2D eigenvalue weighted by atomic mass is 79.9. The van der Waals surface area contributed by atoms with Gasteiger partial charge in [-0.05, 0) is 37.3 Å². The number of nitrogens with one attached hydrogen (secondary N) is 1. The Bertz CT molecular complexity index is 533. The minimum Gasteiger partial charge on any atom is -0.346 e. The van der Waals surface area contributed by atoms with Crippen molar-refractivity contribution in [2.75, 3.05) is 0 Å². The molecule has 0 radical (unpaired) electrons. The second-order valence-corrected chi connectivity index (χ2v) is 4.74. The van der Waals surface area contributed by atoms with Gasteiger partial charge in [0.1, 0.15) is 0 Å². The van der Waals surface area contributed by atoms with Crippen LogP contribution < -0.4 is 5.32 Å². The number of aryl methyl sites for hydroxylation is 1. The average molecular weight is 308 g/mol. The Morgan fingerprint density at radius 1 is 1.33 bits per heavy atom. The lowest BCUT2D eigenvalue weighted by atomic mass is 10.2. The minimum atomic E-state index is -0.0775. The molecule has 0 saturated heterocycles. The highest BCUT2D eigenvalue weighted by Gasteiger charge is 2.06. The average Bonchev–Trinajstić information content (AvgIpc) is 2.84. The predicted molar refractivity (Wildman–Crippen MR) is 73.2 cm³/mol.